The van der Waals surface area contributed by atoms with E-state index < -0.39 is 5.56 Å². The minimum atomic E-state index is -0.523. The first-order valence-corrected chi connectivity index (χ1v) is 7.58. The molecule has 0 fully saturated rings. The molecule has 0 atom stereocenters. The van der Waals surface area contributed by atoms with Gasteiger partial charge in [-0.15, -0.1) is 0 Å². The molecule has 0 saturated carbocycles. The fourth-order valence-corrected chi connectivity index (χ4v) is 2.74. The highest BCUT2D eigenvalue weighted by Gasteiger charge is 2.15. The molecule has 0 aliphatic rings. The van der Waals surface area contributed by atoms with E-state index in [1.165, 1.54) is 0 Å². The lowest BCUT2D eigenvalue weighted by molar-refractivity contribution is 0.738. The molecule has 0 aliphatic carbocycles. The molecule has 2 heterocycles. The van der Waals surface area contributed by atoms with E-state index in [0.29, 0.717) is 16.6 Å². The number of hydrogen-bond donors (Lipinski definition) is 2. The lowest BCUT2D eigenvalue weighted by Gasteiger charge is -2.09. The van der Waals surface area contributed by atoms with E-state index in [1.807, 2.05) is 6.07 Å². The molecule has 25 heavy (non-hydrogen) atoms. The zero-order chi connectivity index (χ0) is 17.6. The molecule has 0 bridgehead atoms. The Hall–Kier alpha value is -3.68. The van der Waals surface area contributed by atoms with Gasteiger partial charge in [0, 0.05) is 12.1 Å². The van der Waals surface area contributed by atoms with Gasteiger partial charge >= 0.3 is 0 Å². The minimum absolute atomic E-state index is 0.0153. The normalized spacial score (nSPS) is 11.2. The second kappa shape index (κ2) is 5.45. The van der Waals surface area contributed by atoms with Crippen molar-refractivity contribution in [3.8, 4) is 0 Å². The van der Waals surface area contributed by atoms with E-state index in [9.17, 15) is 9.59 Å². The predicted molar refractivity (Wildman–Crippen MR) is 94.8 cm³/mol. The molecule has 0 radical (unpaired) electrons. The Morgan fingerprint density at radius 2 is 1.68 bits per heavy atom. The Labute approximate surface area is 140 Å². The standard InChI is InChI=1S/C17H14N6O2/c18-12-7-3-1-5-10(12)9-14-16(25)22(19)17-20-13-8-4-2-6-11(13)15(24)23(17)21-14/h1-8H,9,18-19H2. The smallest absolute Gasteiger partial charge is 0.295 e. The average molecular weight is 334 g/mol. The molecule has 2 aromatic carbocycles. The van der Waals surface area contributed by atoms with Crippen molar-refractivity contribution in [2.24, 2.45) is 0 Å². The van der Waals surface area contributed by atoms with Crippen LogP contribution >= 0.6 is 0 Å². The molecule has 4 rings (SSSR count). The second-order valence-electron chi connectivity index (χ2n) is 5.64. The van der Waals surface area contributed by atoms with Crippen LogP contribution in [0.4, 0.5) is 5.69 Å². The number of fused-ring (bicyclic) bond motifs is 2. The molecule has 124 valence electrons. The number of aromatic nitrogens is 4. The molecule has 4 aromatic rings. The first-order chi connectivity index (χ1) is 12.1. The number of hydrogen-bond acceptors (Lipinski definition) is 6. The maximum Gasteiger partial charge on any atom is 0.295 e. The lowest BCUT2D eigenvalue weighted by Crippen LogP contribution is -2.37. The molecule has 0 spiro atoms. The van der Waals surface area contributed by atoms with Crippen molar-refractivity contribution in [2.45, 2.75) is 6.42 Å². The van der Waals surface area contributed by atoms with Crippen LogP contribution in [0.25, 0.3) is 16.7 Å². The Morgan fingerprint density at radius 3 is 2.48 bits per heavy atom. The van der Waals surface area contributed by atoms with Crippen molar-refractivity contribution in [1.29, 1.82) is 0 Å². The first-order valence-electron chi connectivity index (χ1n) is 7.58. The van der Waals surface area contributed by atoms with Crippen molar-refractivity contribution < 1.29 is 0 Å². The molecule has 0 unspecified atom stereocenters. The summed E-state index contributed by atoms with van der Waals surface area (Å²) in [4.78, 5) is 29.5. The Morgan fingerprint density at radius 1 is 0.960 bits per heavy atom. The van der Waals surface area contributed by atoms with Gasteiger partial charge in [-0.05, 0) is 23.8 Å². The summed E-state index contributed by atoms with van der Waals surface area (Å²) in [5.41, 5.74) is 6.85. The van der Waals surface area contributed by atoms with Gasteiger partial charge in [-0.1, -0.05) is 30.3 Å². The number of anilines is 1. The summed E-state index contributed by atoms with van der Waals surface area (Å²) in [6, 6.07) is 14.0. The van der Waals surface area contributed by atoms with Gasteiger partial charge < -0.3 is 11.6 Å². The molecule has 8 nitrogen and oxygen atoms in total. The van der Waals surface area contributed by atoms with Gasteiger partial charge in [0.05, 0.1) is 10.9 Å². The number of nitrogens with two attached hydrogens (primary N) is 2. The average Bonchev–Trinajstić information content (AvgIpc) is 2.62. The van der Waals surface area contributed by atoms with Crippen LogP contribution in [-0.4, -0.2) is 19.3 Å². The summed E-state index contributed by atoms with van der Waals surface area (Å²) in [5, 5.41) is 4.59. The van der Waals surface area contributed by atoms with Crippen LogP contribution in [0.1, 0.15) is 11.3 Å². The molecular formula is C17H14N6O2. The van der Waals surface area contributed by atoms with Crippen LogP contribution in [-0.2, 0) is 6.42 Å². The van der Waals surface area contributed by atoms with Crippen molar-refractivity contribution in [3.05, 3.63) is 80.5 Å². The lowest BCUT2D eigenvalue weighted by atomic mass is 10.1. The summed E-state index contributed by atoms with van der Waals surface area (Å²) >= 11 is 0. The first kappa shape index (κ1) is 14.9. The summed E-state index contributed by atoms with van der Waals surface area (Å²) in [7, 11) is 0. The quantitative estimate of drug-likeness (QED) is 0.309. The highest BCUT2D eigenvalue weighted by atomic mass is 16.1. The summed E-state index contributed by atoms with van der Waals surface area (Å²) in [5.74, 6) is 5.87. The minimum Gasteiger partial charge on any atom is -0.398 e. The van der Waals surface area contributed by atoms with Crippen molar-refractivity contribution in [1.82, 2.24) is 19.3 Å². The fourth-order valence-electron chi connectivity index (χ4n) is 2.74. The number of benzene rings is 2. The fraction of sp³-hybridized carbons (Fsp3) is 0.0588. The van der Waals surface area contributed by atoms with Gasteiger partial charge in [0.25, 0.3) is 16.9 Å². The monoisotopic (exact) mass is 334 g/mol. The van der Waals surface area contributed by atoms with Crippen LogP contribution in [0.5, 0.6) is 0 Å². The molecule has 2 aromatic heterocycles. The van der Waals surface area contributed by atoms with Crippen LogP contribution in [0.3, 0.4) is 0 Å². The number of rotatable bonds is 2. The number of para-hydroxylation sites is 2. The Kier molecular flexibility index (Phi) is 3.24. The Balaban J connectivity index is 2.01. The molecule has 0 aliphatic heterocycles. The summed E-state index contributed by atoms with van der Waals surface area (Å²) in [6.07, 6.45) is 0.165. The highest BCUT2D eigenvalue weighted by molar-refractivity contribution is 5.78. The van der Waals surface area contributed by atoms with Crippen LogP contribution in [0, 0.1) is 0 Å². The summed E-state index contributed by atoms with van der Waals surface area (Å²) in [6.45, 7) is 0. The van der Waals surface area contributed by atoms with Gasteiger partial charge in [0.1, 0.15) is 5.69 Å². The van der Waals surface area contributed by atoms with Crippen LogP contribution in [0.15, 0.2) is 58.1 Å². The van der Waals surface area contributed by atoms with Gasteiger partial charge in [-0.2, -0.15) is 14.3 Å². The van der Waals surface area contributed by atoms with Gasteiger partial charge in [-0.25, -0.2) is 4.98 Å². The molecule has 0 saturated heterocycles. The Bertz CT molecular complexity index is 1240. The maximum absolute atomic E-state index is 12.7. The van der Waals surface area contributed by atoms with E-state index in [1.54, 1.807) is 42.5 Å². The van der Waals surface area contributed by atoms with E-state index in [2.05, 4.69) is 10.1 Å². The van der Waals surface area contributed by atoms with E-state index in [0.717, 1.165) is 14.8 Å². The molecular weight excluding hydrogens is 320 g/mol. The van der Waals surface area contributed by atoms with Crippen molar-refractivity contribution in [3.63, 3.8) is 0 Å². The predicted octanol–water partition coefficient (Wildman–Crippen LogP) is 0.291. The molecule has 4 N–H and O–H groups in total. The van der Waals surface area contributed by atoms with Crippen LogP contribution in [0.2, 0.25) is 0 Å². The van der Waals surface area contributed by atoms with Gasteiger partial charge in [0.15, 0.2) is 0 Å². The second-order valence-corrected chi connectivity index (χ2v) is 5.64. The third kappa shape index (κ3) is 2.31. The highest BCUT2D eigenvalue weighted by Crippen LogP contribution is 2.13. The topological polar surface area (TPSA) is 121 Å². The zero-order valence-corrected chi connectivity index (χ0v) is 13.1. The van der Waals surface area contributed by atoms with Crippen molar-refractivity contribution >= 4 is 22.4 Å². The summed E-state index contributed by atoms with van der Waals surface area (Å²) < 4.78 is 1.90. The largest absolute Gasteiger partial charge is 0.398 e. The van der Waals surface area contributed by atoms with Gasteiger partial charge in [0.2, 0.25) is 0 Å². The third-order valence-corrected chi connectivity index (χ3v) is 4.05. The molecule has 8 heteroatoms. The van der Waals surface area contributed by atoms with Crippen molar-refractivity contribution in [2.75, 3.05) is 11.6 Å². The third-order valence-electron chi connectivity index (χ3n) is 4.05. The maximum atomic E-state index is 12.7. The van der Waals surface area contributed by atoms with Gasteiger partial charge in [-0.3, -0.25) is 9.59 Å². The number of nitrogen functional groups attached to an aromatic ring is 2. The number of nitrogens with zero attached hydrogens (tertiary/aromatic N) is 4. The van der Waals surface area contributed by atoms with Crippen LogP contribution < -0.4 is 22.7 Å². The zero-order valence-electron chi connectivity index (χ0n) is 13.1. The van der Waals surface area contributed by atoms with E-state index >= 15 is 0 Å². The molecule has 0 amide bonds. The van der Waals surface area contributed by atoms with E-state index in [4.69, 9.17) is 11.6 Å². The van der Waals surface area contributed by atoms with E-state index in [-0.39, 0.29) is 23.5 Å². The SMILES string of the molecule is Nc1ccccc1Cc1nn2c(=O)c3ccccc3nc2n(N)c1=O.